The summed E-state index contributed by atoms with van der Waals surface area (Å²) in [6, 6.07) is 6.18. The van der Waals surface area contributed by atoms with Gasteiger partial charge in [-0.2, -0.15) is 0 Å². The molecule has 1 aromatic heterocycles. The molecule has 0 spiro atoms. The fourth-order valence-electron chi connectivity index (χ4n) is 3.47. The van der Waals surface area contributed by atoms with Gasteiger partial charge >= 0.3 is 0 Å². The molecule has 1 aliphatic heterocycles. The minimum Gasteiger partial charge on any atom is -0.326 e. The first-order valence-corrected chi connectivity index (χ1v) is 10.7. The van der Waals surface area contributed by atoms with Gasteiger partial charge in [0.1, 0.15) is 5.82 Å². The topological polar surface area (TPSA) is 49.4 Å². The highest BCUT2D eigenvalue weighted by atomic mass is 35.5. The number of hydrogen-bond donors (Lipinski definition) is 1. The van der Waals surface area contributed by atoms with Gasteiger partial charge < -0.3 is 5.32 Å². The summed E-state index contributed by atoms with van der Waals surface area (Å²) in [6.07, 6.45) is 3.44. The van der Waals surface area contributed by atoms with Crippen LogP contribution in [0.5, 0.6) is 0 Å². The zero-order chi connectivity index (χ0) is 20.1. The van der Waals surface area contributed by atoms with Crippen LogP contribution in [0.4, 0.5) is 10.1 Å². The van der Waals surface area contributed by atoms with E-state index >= 15 is 0 Å². The Balaban J connectivity index is 1.38. The quantitative estimate of drug-likeness (QED) is 0.610. The lowest BCUT2D eigenvalue weighted by atomic mass is 9.92. The average Bonchev–Trinajstić information content (AvgIpc) is 3.13. The lowest BCUT2D eigenvalue weighted by Crippen LogP contribution is -2.33. The average molecular weight is 423 g/mol. The number of anilines is 1. The van der Waals surface area contributed by atoms with Crippen molar-refractivity contribution in [1.29, 1.82) is 0 Å². The molecule has 0 unspecified atom stereocenters. The van der Waals surface area contributed by atoms with E-state index in [-0.39, 0.29) is 16.7 Å². The Morgan fingerprint density at radius 1 is 1.29 bits per heavy atom. The Morgan fingerprint density at radius 3 is 2.68 bits per heavy atom. The zero-order valence-electron chi connectivity index (χ0n) is 15.8. The van der Waals surface area contributed by atoms with Gasteiger partial charge in [-0.05, 0) is 80.4 Å². The Bertz CT molecular complexity index is 847. The van der Waals surface area contributed by atoms with Crippen LogP contribution in [0.2, 0.25) is 5.02 Å². The summed E-state index contributed by atoms with van der Waals surface area (Å²) in [5.41, 5.74) is 1.72. The second kappa shape index (κ2) is 9.63. The van der Waals surface area contributed by atoms with Crippen molar-refractivity contribution in [3.05, 3.63) is 50.9 Å². The van der Waals surface area contributed by atoms with Gasteiger partial charge in [-0.3, -0.25) is 14.5 Å². The molecule has 1 amide bonds. The predicted octanol–water partition coefficient (Wildman–Crippen LogP) is 5.37. The molecule has 0 atom stereocenters. The van der Waals surface area contributed by atoms with Crippen LogP contribution >= 0.6 is 22.9 Å². The Labute approximate surface area is 173 Å². The number of carbonyl (C=O) groups excluding carboxylic acids is 2. The van der Waals surface area contributed by atoms with Gasteiger partial charge in [0.15, 0.2) is 5.78 Å². The molecule has 4 nitrogen and oxygen atoms in total. The molecule has 0 bridgehead atoms. The smallest absolute Gasteiger partial charge is 0.224 e. The molecule has 1 N–H and O–H groups in total. The molecule has 1 saturated heterocycles. The van der Waals surface area contributed by atoms with E-state index in [0.717, 1.165) is 43.8 Å². The van der Waals surface area contributed by atoms with Crippen molar-refractivity contribution in [3.63, 3.8) is 0 Å². The molecule has 1 aromatic carbocycles. The third kappa shape index (κ3) is 5.87. The second-order valence-electron chi connectivity index (χ2n) is 7.31. The zero-order valence-corrected chi connectivity index (χ0v) is 17.4. The fourth-order valence-corrected chi connectivity index (χ4v) is 4.45. The first kappa shape index (κ1) is 21.0. The van der Waals surface area contributed by atoms with E-state index in [2.05, 4.69) is 15.6 Å². The highest BCUT2D eigenvalue weighted by Crippen LogP contribution is 2.25. The monoisotopic (exact) mass is 422 g/mol. The van der Waals surface area contributed by atoms with Crippen LogP contribution in [0.1, 0.15) is 47.8 Å². The SMILES string of the molecule is CC(=O)c1cc(CN2CCC(CCC(=O)Nc3ccc(F)c(Cl)c3)CC2)cs1. The molecule has 2 heterocycles. The third-order valence-corrected chi connectivity index (χ3v) is 6.47. The van der Waals surface area contributed by atoms with Crippen LogP contribution in [-0.4, -0.2) is 29.7 Å². The maximum atomic E-state index is 13.2. The number of halogens is 2. The van der Waals surface area contributed by atoms with E-state index in [9.17, 15) is 14.0 Å². The van der Waals surface area contributed by atoms with E-state index in [4.69, 9.17) is 11.6 Å². The Morgan fingerprint density at radius 2 is 2.04 bits per heavy atom. The third-order valence-electron chi connectivity index (χ3n) is 5.10. The summed E-state index contributed by atoms with van der Waals surface area (Å²) in [4.78, 5) is 26.8. The summed E-state index contributed by atoms with van der Waals surface area (Å²) in [6.45, 7) is 4.49. The van der Waals surface area contributed by atoms with Crippen LogP contribution in [0, 0.1) is 11.7 Å². The van der Waals surface area contributed by atoms with E-state index in [1.54, 1.807) is 6.92 Å². The van der Waals surface area contributed by atoms with Crippen molar-refractivity contribution in [2.45, 2.75) is 39.2 Å². The highest BCUT2D eigenvalue weighted by molar-refractivity contribution is 7.12. The molecule has 2 aromatic rings. The molecule has 1 fully saturated rings. The molecule has 0 saturated carbocycles. The van der Waals surface area contributed by atoms with Crippen LogP contribution in [-0.2, 0) is 11.3 Å². The van der Waals surface area contributed by atoms with Crippen LogP contribution in [0.15, 0.2) is 29.6 Å². The van der Waals surface area contributed by atoms with Crippen molar-refractivity contribution < 1.29 is 14.0 Å². The molecule has 28 heavy (non-hydrogen) atoms. The van der Waals surface area contributed by atoms with Gasteiger partial charge in [0.25, 0.3) is 0 Å². The number of likely N-dealkylation sites (tertiary alicyclic amines) is 1. The van der Waals surface area contributed by atoms with Gasteiger partial charge in [-0.15, -0.1) is 11.3 Å². The minimum absolute atomic E-state index is 0.00576. The summed E-state index contributed by atoms with van der Waals surface area (Å²) < 4.78 is 13.2. The number of ketones is 1. The summed E-state index contributed by atoms with van der Waals surface area (Å²) in [5.74, 6) is 0.0942. The van der Waals surface area contributed by atoms with Gasteiger partial charge in [0, 0.05) is 18.7 Å². The number of piperidine rings is 1. The van der Waals surface area contributed by atoms with Gasteiger partial charge in [-0.1, -0.05) is 11.6 Å². The van der Waals surface area contributed by atoms with Gasteiger partial charge in [-0.25, -0.2) is 4.39 Å². The first-order valence-electron chi connectivity index (χ1n) is 9.46. The van der Waals surface area contributed by atoms with Crippen molar-refractivity contribution in [2.75, 3.05) is 18.4 Å². The Hall–Kier alpha value is -1.76. The normalized spacial score (nSPS) is 15.5. The standard InChI is InChI=1S/C21H24ClFN2O2S/c1-14(26)20-10-16(13-28-20)12-25-8-6-15(7-9-25)2-5-21(27)24-17-3-4-19(23)18(22)11-17/h3-4,10-11,13,15H,2,5-9,12H2,1H3,(H,24,27). The maximum absolute atomic E-state index is 13.2. The predicted molar refractivity (Wildman–Crippen MR) is 112 cm³/mol. The van der Waals surface area contributed by atoms with Gasteiger partial charge in [0.2, 0.25) is 5.91 Å². The molecule has 7 heteroatoms. The first-order chi connectivity index (χ1) is 13.4. The summed E-state index contributed by atoms with van der Waals surface area (Å²) >= 11 is 7.25. The lowest BCUT2D eigenvalue weighted by Gasteiger charge is -2.31. The number of Topliss-reactive ketones (excluding diaryl/α,β-unsaturated/α-hetero) is 1. The largest absolute Gasteiger partial charge is 0.326 e. The van der Waals surface area contributed by atoms with Gasteiger partial charge in [0.05, 0.1) is 9.90 Å². The van der Waals surface area contributed by atoms with Crippen molar-refractivity contribution in [3.8, 4) is 0 Å². The highest BCUT2D eigenvalue weighted by Gasteiger charge is 2.20. The molecule has 3 rings (SSSR count). The Kier molecular flexibility index (Phi) is 7.21. The van der Waals surface area contributed by atoms with Crippen molar-refractivity contribution >= 4 is 40.3 Å². The van der Waals surface area contributed by atoms with Crippen LogP contribution in [0.25, 0.3) is 0 Å². The van der Waals surface area contributed by atoms with Crippen LogP contribution < -0.4 is 5.32 Å². The number of carbonyl (C=O) groups is 2. The second-order valence-corrected chi connectivity index (χ2v) is 8.63. The summed E-state index contributed by atoms with van der Waals surface area (Å²) in [7, 11) is 0. The lowest BCUT2D eigenvalue weighted by molar-refractivity contribution is -0.116. The van der Waals surface area contributed by atoms with E-state index in [0.29, 0.717) is 18.0 Å². The molecule has 1 aliphatic rings. The summed E-state index contributed by atoms with van der Waals surface area (Å²) in [5, 5.41) is 4.85. The maximum Gasteiger partial charge on any atom is 0.224 e. The molecule has 0 radical (unpaired) electrons. The number of thiophene rings is 1. The van der Waals surface area contributed by atoms with E-state index in [1.165, 1.54) is 35.1 Å². The van der Waals surface area contributed by atoms with Crippen LogP contribution in [0.3, 0.4) is 0 Å². The molecular formula is C21H24ClFN2O2S. The minimum atomic E-state index is -0.494. The fraction of sp³-hybridized carbons (Fsp3) is 0.429. The molecule has 0 aliphatic carbocycles. The van der Waals surface area contributed by atoms with Crippen molar-refractivity contribution in [1.82, 2.24) is 4.90 Å². The number of nitrogens with one attached hydrogen (secondary N) is 1. The van der Waals surface area contributed by atoms with E-state index < -0.39 is 5.82 Å². The molecular weight excluding hydrogens is 399 g/mol. The molecule has 150 valence electrons. The number of amides is 1. The number of rotatable bonds is 7. The number of nitrogens with zero attached hydrogens (tertiary/aromatic N) is 1. The number of benzene rings is 1. The van der Waals surface area contributed by atoms with E-state index in [1.807, 2.05) is 6.07 Å². The van der Waals surface area contributed by atoms with Crippen molar-refractivity contribution in [2.24, 2.45) is 5.92 Å². The number of hydrogen-bond acceptors (Lipinski definition) is 4.